The molecule has 2 aliphatic carbocycles. The van der Waals surface area contributed by atoms with Crippen LogP contribution in [0.5, 0.6) is 11.5 Å². The van der Waals surface area contributed by atoms with Crippen LogP contribution in [0, 0.1) is 0 Å². The lowest BCUT2D eigenvalue weighted by molar-refractivity contribution is 0.292. The molecule has 0 radical (unpaired) electrons. The second-order valence-electron chi connectivity index (χ2n) is 8.54. The zero-order chi connectivity index (χ0) is 22.5. The molecule has 3 aromatic carbocycles. The van der Waals surface area contributed by atoms with Gasteiger partial charge in [-0.25, -0.2) is 0 Å². The minimum Gasteiger partial charge on any atom is -0.468 e. The van der Waals surface area contributed by atoms with Crippen LogP contribution in [0.2, 0.25) is 0 Å². The predicted molar refractivity (Wildman–Crippen MR) is 138 cm³/mol. The summed E-state index contributed by atoms with van der Waals surface area (Å²) in [5.74, 6) is 1.66. The minimum absolute atomic E-state index is 0.150. The highest BCUT2D eigenvalue weighted by Gasteiger charge is 2.42. The molecule has 0 bridgehead atoms. The standard InChI is InChI=1S/C30H22N2O2/c1-3-11-21(12-4-1)31-23-15-7-9-17-27(23)33-29-20-26-30(19-25(29)31)34-28-18-10-8-16-24(28)32(26)22-13-5-2-6-14-22/h1-20,27-28H/q+2. The van der Waals surface area contributed by atoms with Crippen molar-refractivity contribution < 1.29 is 9.47 Å². The van der Waals surface area contributed by atoms with Gasteiger partial charge in [0.05, 0.1) is 12.1 Å². The fourth-order valence-corrected chi connectivity index (χ4v) is 4.99. The van der Waals surface area contributed by atoms with Crippen LogP contribution in [0.3, 0.4) is 0 Å². The Bertz CT molecular complexity index is 1380. The smallest absolute Gasteiger partial charge is 0.258 e. The van der Waals surface area contributed by atoms with E-state index in [1.807, 2.05) is 24.3 Å². The lowest BCUT2D eigenvalue weighted by Crippen LogP contribution is -2.38. The second-order valence-corrected chi connectivity index (χ2v) is 8.54. The Morgan fingerprint density at radius 2 is 0.971 bits per heavy atom. The number of hydrogen-bond donors (Lipinski definition) is 0. The quantitative estimate of drug-likeness (QED) is 0.454. The number of rotatable bonds is 2. The number of benzene rings is 3. The fourth-order valence-electron chi connectivity index (χ4n) is 4.99. The van der Waals surface area contributed by atoms with Crippen molar-refractivity contribution in [1.29, 1.82) is 0 Å². The summed E-state index contributed by atoms with van der Waals surface area (Å²) in [6, 6.07) is 25.1. The molecule has 0 N–H and O–H groups in total. The van der Waals surface area contributed by atoms with Gasteiger partial charge in [0.1, 0.15) is 0 Å². The van der Waals surface area contributed by atoms with Crippen molar-refractivity contribution in [3.8, 4) is 11.5 Å². The topological polar surface area (TPSA) is 24.5 Å². The van der Waals surface area contributed by atoms with Crippen LogP contribution in [0.25, 0.3) is 0 Å². The first-order valence-corrected chi connectivity index (χ1v) is 11.5. The summed E-state index contributed by atoms with van der Waals surface area (Å²) in [7, 11) is 0. The van der Waals surface area contributed by atoms with Gasteiger partial charge in [-0.05, 0) is 12.2 Å². The largest absolute Gasteiger partial charge is 0.468 e. The SMILES string of the molecule is C1=CC2=[N+](c3ccccc3)c3cc4c(cc3OC2C=C1)[N+](c1ccccc1)=C1C=CC=CC1O4. The van der Waals surface area contributed by atoms with Gasteiger partial charge in [0.25, 0.3) is 11.4 Å². The first-order chi connectivity index (χ1) is 16.9. The van der Waals surface area contributed by atoms with Crippen molar-refractivity contribution in [1.82, 2.24) is 9.15 Å². The van der Waals surface area contributed by atoms with Crippen molar-refractivity contribution in [2.75, 3.05) is 0 Å². The summed E-state index contributed by atoms with van der Waals surface area (Å²) in [6.45, 7) is 0. The molecule has 4 aliphatic rings. The molecule has 4 heteroatoms. The highest BCUT2D eigenvalue weighted by atomic mass is 16.5. The van der Waals surface area contributed by atoms with Gasteiger partial charge in [-0.3, -0.25) is 0 Å². The van der Waals surface area contributed by atoms with Gasteiger partial charge >= 0.3 is 0 Å². The van der Waals surface area contributed by atoms with Crippen LogP contribution in [0.15, 0.2) is 121 Å². The van der Waals surface area contributed by atoms with Crippen LogP contribution >= 0.6 is 0 Å². The molecule has 2 aliphatic heterocycles. The number of para-hydroxylation sites is 2. The summed E-state index contributed by atoms with van der Waals surface area (Å²) < 4.78 is 17.6. The average molecular weight is 443 g/mol. The summed E-state index contributed by atoms with van der Waals surface area (Å²) >= 11 is 0. The van der Waals surface area contributed by atoms with Crippen LogP contribution in [0.1, 0.15) is 0 Å². The molecule has 0 saturated carbocycles. The Balaban J connectivity index is 1.49. The van der Waals surface area contributed by atoms with Gasteiger partial charge in [0.15, 0.2) is 11.5 Å². The molecule has 2 atom stereocenters. The van der Waals surface area contributed by atoms with E-state index in [1.54, 1.807) is 0 Å². The third kappa shape index (κ3) is 2.92. The van der Waals surface area contributed by atoms with Gasteiger partial charge in [0.2, 0.25) is 35.0 Å². The van der Waals surface area contributed by atoms with E-state index in [-0.39, 0.29) is 12.2 Å². The van der Waals surface area contributed by atoms with E-state index in [0.29, 0.717) is 0 Å². The Morgan fingerprint density at radius 1 is 0.529 bits per heavy atom. The first kappa shape index (κ1) is 19.1. The summed E-state index contributed by atoms with van der Waals surface area (Å²) in [5, 5.41) is 0. The molecule has 3 aromatic rings. The van der Waals surface area contributed by atoms with Crippen molar-refractivity contribution in [2.24, 2.45) is 0 Å². The molecular formula is C30H22N2O2+2. The minimum atomic E-state index is -0.150. The molecule has 0 saturated heterocycles. The Labute approximate surface area is 198 Å². The van der Waals surface area contributed by atoms with E-state index in [0.717, 1.165) is 45.7 Å². The zero-order valence-electron chi connectivity index (χ0n) is 18.4. The van der Waals surface area contributed by atoms with E-state index in [2.05, 4.69) is 106 Å². The zero-order valence-corrected chi connectivity index (χ0v) is 18.4. The number of nitrogens with zero attached hydrogens (tertiary/aromatic N) is 2. The average Bonchev–Trinajstić information content (AvgIpc) is 2.90. The van der Waals surface area contributed by atoms with Gasteiger partial charge in [-0.2, -0.15) is 9.15 Å². The maximum absolute atomic E-state index is 6.53. The predicted octanol–water partition coefficient (Wildman–Crippen LogP) is 6.01. The highest BCUT2D eigenvalue weighted by Crippen LogP contribution is 2.46. The Morgan fingerprint density at radius 3 is 1.41 bits per heavy atom. The molecule has 162 valence electrons. The summed E-state index contributed by atoms with van der Waals surface area (Å²) in [5.41, 5.74) is 6.31. The maximum Gasteiger partial charge on any atom is 0.258 e. The number of ether oxygens (including phenoxy) is 2. The molecule has 4 nitrogen and oxygen atoms in total. The fraction of sp³-hybridized carbons (Fsp3) is 0.0667. The number of fused-ring (bicyclic) bond motifs is 4. The molecule has 2 heterocycles. The lowest BCUT2D eigenvalue weighted by atomic mass is 10.0. The first-order valence-electron chi connectivity index (χ1n) is 11.5. The maximum atomic E-state index is 6.53. The van der Waals surface area contributed by atoms with Crippen molar-refractivity contribution in [2.45, 2.75) is 12.2 Å². The molecule has 2 unspecified atom stereocenters. The van der Waals surface area contributed by atoms with Crippen LogP contribution < -0.4 is 18.6 Å². The number of hydrogen-bond acceptors (Lipinski definition) is 2. The molecule has 0 fully saturated rings. The van der Waals surface area contributed by atoms with Crippen molar-refractivity contribution >= 4 is 34.2 Å². The van der Waals surface area contributed by atoms with Gasteiger partial charge < -0.3 is 9.47 Å². The van der Waals surface area contributed by atoms with Crippen LogP contribution in [-0.2, 0) is 0 Å². The Kier molecular flexibility index (Phi) is 4.24. The molecule has 0 spiro atoms. The van der Waals surface area contributed by atoms with Gasteiger partial charge in [-0.15, -0.1) is 0 Å². The molecular weight excluding hydrogens is 420 g/mol. The normalized spacial score (nSPS) is 21.3. The van der Waals surface area contributed by atoms with Gasteiger partial charge in [0, 0.05) is 36.4 Å². The van der Waals surface area contributed by atoms with E-state index >= 15 is 0 Å². The van der Waals surface area contributed by atoms with E-state index in [1.165, 1.54) is 0 Å². The molecule has 34 heavy (non-hydrogen) atoms. The number of allylic oxidation sites excluding steroid dienone is 4. The summed E-state index contributed by atoms with van der Waals surface area (Å²) in [6.07, 6.45) is 16.3. The third-order valence-electron chi connectivity index (χ3n) is 6.49. The van der Waals surface area contributed by atoms with Crippen LogP contribution in [-0.4, -0.2) is 23.6 Å². The van der Waals surface area contributed by atoms with Crippen LogP contribution in [0.4, 0.5) is 22.7 Å². The molecule has 0 amide bonds. The van der Waals surface area contributed by atoms with Crippen molar-refractivity contribution in [3.63, 3.8) is 0 Å². The molecule has 7 rings (SSSR count). The lowest BCUT2D eigenvalue weighted by Gasteiger charge is -2.27. The van der Waals surface area contributed by atoms with E-state index in [4.69, 9.17) is 9.47 Å². The van der Waals surface area contributed by atoms with E-state index in [9.17, 15) is 0 Å². The summed E-state index contributed by atoms with van der Waals surface area (Å²) in [4.78, 5) is 0. The molecule has 0 aromatic heterocycles. The third-order valence-corrected chi connectivity index (χ3v) is 6.49. The van der Waals surface area contributed by atoms with E-state index < -0.39 is 0 Å². The van der Waals surface area contributed by atoms with Crippen molar-refractivity contribution in [3.05, 3.63) is 121 Å². The van der Waals surface area contributed by atoms with Gasteiger partial charge in [-0.1, -0.05) is 60.7 Å². The highest BCUT2D eigenvalue weighted by molar-refractivity contribution is 6.08. The second kappa shape index (κ2) is 7.56. The monoisotopic (exact) mass is 442 g/mol. The Hall–Kier alpha value is -4.44.